The van der Waals surface area contributed by atoms with E-state index in [0.717, 1.165) is 0 Å². The van der Waals surface area contributed by atoms with Gasteiger partial charge in [0.05, 0.1) is 0 Å². The Labute approximate surface area is 237 Å². The fraction of sp³-hybridized carbons (Fsp3) is 0.714. The van der Waals surface area contributed by atoms with E-state index < -0.39 is 0 Å². The predicted molar refractivity (Wildman–Crippen MR) is 160 cm³/mol. The van der Waals surface area contributed by atoms with E-state index >= 15 is 0 Å². The molecule has 0 atom stereocenters. The summed E-state index contributed by atoms with van der Waals surface area (Å²) in [7, 11) is 0. The van der Waals surface area contributed by atoms with Crippen molar-refractivity contribution in [1.82, 2.24) is 0 Å². The molecule has 2 rings (SSSR count). The Morgan fingerprint density at radius 2 is 1.06 bits per heavy atom. The van der Waals surface area contributed by atoms with Crippen LogP contribution in [-0.2, 0) is 49.2 Å². The summed E-state index contributed by atoms with van der Waals surface area (Å²) >= 11 is 0. The molecule has 0 N–H and O–H groups in total. The van der Waals surface area contributed by atoms with Crippen LogP contribution in [0.2, 0.25) is 0 Å². The molecule has 0 aromatic heterocycles. The summed E-state index contributed by atoms with van der Waals surface area (Å²) in [6.45, 7) is 11.4. The van der Waals surface area contributed by atoms with Gasteiger partial charge >= 0.3 is 17.1 Å². The molecule has 2 aromatic carbocycles. The van der Waals surface area contributed by atoms with E-state index in [1.807, 2.05) is 0 Å². The van der Waals surface area contributed by atoms with E-state index in [4.69, 9.17) is 0 Å². The van der Waals surface area contributed by atoms with Crippen LogP contribution >= 0.6 is 0 Å². The zero-order chi connectivity index (χ0) is 25.6. The number of hydrogen-bond donors (Lipinski definition) is 0. The van der Waals surface area contributed by atoms with Gasteiger partial charge in [0, 0.05) is 0 Å². The number of rotatable bonds is 20. The standard InChI is InChI=1S/C20H35.C15H25.Fe/c1-4-7-10-13-18-16-17-19(14-11-8-5-2)20(18)15-12-9-6-3;1-3-5-7-10-14-12-9-13-15(14)11-8-6-4-2;/h16-17H,4-15H2,1-3H3;9,12-13H,3-8,10-11H2,1-2H3;/q2*-1;+2. The third-order valence-corrected chi connectivity index (χ3v) is 7.50. The largest absolute Gasteiger partial charge is 2.00 e. The van der Waals surface area contributed by atoms with Gasteiger partial charge in [0.25, 0.3) is 0 Å². The molecule has 0 aliphatic carbocycles. The molecule has 0 heterocycles. The van der Waals surface area contributed by atoms with Crippen LogP contribution in [0.15, 0.2) is 30.3 Å². The molecule has 0 radical (unpaired) electrons. The Kier molecular flexibility index (Phi) is 24.0. The van der Waals surface area contributed by atoms with Crippen molar-refractivity contribution in [1.29, 1.82) is 0 Å². The summed E-state index contributed by atoms with van der Waals surface area (Å²) in [6, 6.07) is 11.7. The number of hydrogen-bond acceptors (Lipinski definition) is 0. The fourth-order valence-corrected chi connectivity index (χ4v) is 5.19. The van der Waals surface area contributed by atoms with Crippen LogP contribution in [0.4, 0.5) is 0 Å². The van der Waals surface area contributed by atoms with Crippen LogP contribution in [-0.4, -0.2) is 0 Å². The first-order valence-corrected chi connectivity index (χ1v) is 15.7. The molecule has 36 heavy (non-hydrogen) atoms. The topological polar surface area (TPSA) is 0 Å². The molecule has 2 aromatic rings. The van der Waals surface area contributed by atoms with Crippen molar-refractivity contribution in [2.45, 2.75) is 163 Å². The number of aryl methyl sites for hydroxylation is 4. The van der Waals surface area contributed by atoms with Gasteiger partial charge in [-0.3, -0.25) is 0 Å². The first kappa shape index (κ1) is 35.2. The molecular formula is C35H60Fe. The van der Waals surface area contributed by atoms with Crippen molar-refractivity contribution in [3.63, 3.8) is 0 Å². The second-order valence-corrected chi connectivity index (χ2v) is 10.7. The van der Waals surface area contributed by atoms with Crippen LogP contribution in [0.5, 0.6) is 0 Å². The minimum atomic E-state index is 0. The zero-order valence-corrected chi connectivity index (χ0v) is 26.0. The van der Waals surface area contributed by atoms with Gasteiger partial charge in [0.1, 0.15) is 0 Å². The molecule has 0 amide bonds. The maximum Gasteiger partial charge on any atom is 2.00 e. The third-order valence-electron chi connectivity index (χ3n) is 7.50. The molecule has 0 bridgehead atoms. The molecule has 0 saturated heterocycles. The Morgan fingerprint density at radius 3 is 1.64 bits per heavy atom. The van der Waals surface area contributed by atoms with E-state index in [1.165, 1.54) is 128 Å². The molecular weight excluding hydrogens is 476 g/mol. The van der Waals surface area contributed by atoms with Crippen LogP contribution < -0.4 is 0 Å². The summed E-state index contributed by atoms with van der Waals surface area (Å²) in [5, 5.41) is 0. The second-order valence-electron chi connectivity index (χ2n) is 10.7. The quantitative estimate of drug-likeness (QED) is 0.0897. The van der Waals surface area contributed by atoms with E-state index in [-0.39, 0.29) is 17.1 Å². The Hall–Kier alpha value is -0.781. The minimum absolute atomic E-state index is 0. The first-order chi connectivity index (χ1) is 17.2. The van der Waals surface area contributed by atoms with Crippen LogP contribution in [0.1, 0.15) is 159 Å². The van der Waals surface area contributed by atoms with Crippen molar-refractivity contribution in [3.8, 4) is 0 Å². The van der Waals surface area contributed by atoms with Crippen molar-refractivity contribution in [2.75, 3.05) is 0 Å². The molecule has 0 nitrogen and oxygen atoms in total. The van der Waals surface area contributed by atoms with Gasteiger partial charge in [-0.2, -0.15) is 46.0 Å². The summed E-state index contributed by atoms with van der Waals surface area (Å²) in [5.74, 6) is 0. The average molecular weight is 537 g/mol. The summed E-state index contributed by atoms with van der Waals surface area (Å²) in [6.07, 6.45) is 26.9. The molecule has 0 fully saturated rings. The minimum Gasteiger partial charge on any atom is -0.210 e. The first-order valence-electron chi connectivity index (χ1n) is 15.7. The van der Waals surface area contributed by atoms with Crippen molar-refractivity contribution >= 4 is 0 Å². The van der Waals surface area contributed by atoms with Crippen LogP contribution in [0.25, 0.3) is 0 Å². The summed E-state index contributed by atoms with van der Waals surface area (Å²) in [4.78, 5) is 0. The smallest absolute Gasteiger partial charge is 0.210 e. The van der Waals surface area contributed by atoms with Gasteiger partial charge < -0.3 is 0 Å². The summed E-state index contributed by atoms with van der Waals surface area (Å²) in [5.41, 5.74) is 8.28. The van der Waals surface area contributed by atoms with E-state index in [9.17, 15) is 0 Å². The molecule has 1 heteroatoms. The van der Waals surface area contributed by atoms with Gasteiger partial charge in [-0.15, -0.1) is 0 Å². The maximum absolute atomic E-state index is 2.43. The molecule has 208 valence electrons. The molecule has 0 spiro atoms. The van der Waals surface area contributed by atoms with E-state index in [2.05, 4.69) is 65.0 Å². The third kappa shape index (κ3) is 15.5. The predicted octanol–water partition coefficient (Wildman–Crippen LogP) is 11.5. The zero-order valence-electron chi connectivity index (χ0n) is 24.9. The van der Waals surface area contributed by atoms with Gasteiger partial charge in [-0.25, -0.2) is 12.1 Å². The fourth-order valence-electron chi connectivity index (χ4n) is 5.19. The maximum atomic E-state index is 2.43. The van der Waals surface area contributed by atoms with Gasteiger partial charge in [0.2, 0.25) is 0 Å². The summed E-state index contributed by atoms with van der Waals surface area (Å²) < 4.78 is 0. The van der Waals surface area contributed by atoms with Gasteiger partial charge in [0.15, 0.2) is 0 Å². The molecule has 0 aliphatic rings. The Balaban J connectivity index is 0.000000687. The molecule has 0 saturated carbocycles. The van der Waals surface area contributed by atoms with E-state index in [1.54, 1.807) is 27.8 Å². The van der Waals surface area contributed by atoms with Crippen LogP contribution in [0, 0.1) is 0 Å². The SMILES string of the molecule is CCCCCc1cc[c-](CCCCC)c1CCCCC.CCCCCc1cc[cH-]c1CCCCC.[Fe+2]. The monoisotopic (exact) mass is 536 g/mol. The molecule has 0 aliphatic heterocycles. The van der Waals surface area contributed by atoms with Crippen molar-refractivity contribution < 1.29 is 17.1 Å². The Bertz CT molecular complexity index is 652. The van der Waals surface area contributed by atoms with Gasteiger partial charge in [-0.05, 0) is 0 Å². The Morgan fingerprint density at radius 1 is 0.556 bits per heavy atom. The van der Waals surface area contributed by atoms with E-state index in [0.29, 0.717) is 0 Å². The normalized spacial score (nSPS) is 10.7. The van der Waals surface area contributed by atoms with Crippen LogP contribution in [0.3, 0.4) is 0 Å². The van der Waals surface area contributed by atoms with Gasteiger partial charge in [-0.1, -0.05) is 163 Å². The second kappa shape index (κ2) is 24.6. The molecule has 0 unspecified atom stereocenters. The number of unbranched alkanes of at least 4 members (excludes halogenated alkanes) is 10. The van der Waals surface area contributed by atoms with Crippen molar-refractivity contribution in [2.24, 2.45) is 0 Å². The van der Waals surface area contributed by atoms with Crippen molar-refractivity contribution in [3.05, 3.63) is 58.1 Å². The average Bonchev–Trinajstić information content (AvgIpc) is 3.47.